The number of rotatable bonds is 5. The van der Waals surface area contributed by atoms with Crippen LogP contribution in [0.2, 0.25) is 0 Å². The van der Waals surface area contributed by atoms with E-state index in [-0.39, 0.29) is 5.82 Å². The first kappa shape index (κ1) is 14.0. The Balaban J connectivity index is 3.16. The van der Waals surface area contributed by atoms with Crippen LogP contribution in [-0.2, 0) is 0 Å². The number of halogens is 1. The molecule has 2 nitrogen and oxygen atoms in total. The van der Waals surface area contributed by atoms with Gasteiger partial charge in [0.1, 0.15) is 5.82 Å². The molecule has 0 aliphatic carbocycles. The van der Waals surface area contributed by atoms with Gasteiger partial charge in [0.05, 0.1) is 11.8 Å². The van der Waals surface area contributed by atoms with Gasteiger partial charge in [-0.3, -0.25) is 0 Å². The van der Waals surface area contributed by atoms with Crippen molar-refractivity contribution < 1.29 is 9.50 Å². The van der Waals surface area contributed by atoms with Crippen molar-refractivity contribution in [3.05, 3.63) is 29.6 Å². The highest BCUT2D eigenvalue weighted by Crippen LogP contribution is 2.29. The van der Waals surface area contributed by atoms with Crippen LogP contribution in [0.5, 0.6) is 0 Å². The second-order valence-corrected chi connectivity index (χ2v) is 4.79. The van der Waals surface area contributed by atoms with Crippen molar-refractivity contribution >= 4 is 5.69 Å². The summed E-state index contributed by atoms with van der Waals surface area (Å²) >= 11 is 0. The van der Waals surface area contributed by atoms with Crippen molar-refractivity contribution in [2.24, 2.45) is 5.92 Å². The van der Waals surface area contributed by atoms with E-state index in [1.807, 2.05) is 11.8 Å². The monoisotopic (exact) mass is 239 g/mol. The normalized spacial score (nSPS) is 12.9. The quantitative estimate of drug-likeness (QED) is 0.851. The standard InChI is InChI=1S/C14H22FNO/c1-5-16(9-10(2)3)14-12(11(4)17)7-6-8-13(14)15/h6-8,10-11,17H,5,9H2,1-4H3/t11-/m1/s1. The van der Waals surface area contributed by atoms with E-state index in [4.69, 9.17) is 0 Å². The van der Waals surface area contributed by atoms with Crippen molar-refractivity contribution in [3.8, 4) is 0 Å². The van der Waals surface area contributed by atoms with Gasteiger partial charge in [-0.05, 0) is 25.8 Å². The highest BCUT2D eigenvalue weighted by Gasteiger charge is 2.18. The summed E-state index contributed by atoms with van der Waals surface area (Å²) in [5.41, 5.74) is 1.20. The first-order chi connectivity index (χ1) is 7.97. The summed E-state index contributed by atoms with van der Waals surface area (Å²) in [4.78, 5) is 1.99. The van der Waals surface area contributed by atoms with Crippen LogP contribution < -0.4 is 4.90 Å². The molecular formula is C14H22FNO. The average molecular weight is 239 g/mol. The van der Waals surface area contributed by atoms with Crippen LogP contribution in [0.4, 0.5) is 10.1 Å². The number of para-hydroxylation sites is 1. The Morgan fingerprint density at radius 2 is 1.94 bits per heavy atom. The molecule has 0 bridgehead atoms. The molecule has 3 heteroatoms. The van der Waals surface area contributed by atoms with E-state index < -0.39 is 6.10 Å². The summed E-state index contributed by atoms with van der Waals surface area (Å²) in [6.45, 7) is 9.40. The topological polar surface area (TPSA) is 23.5 Å². The van der Waals surface area contributed by atoms with Gasteiger partial charge in [0.2, 0.25) is 0 Å². The van der Waals surface area contributed by atoms with Gasteiger partial charge in [-0.1, -0.05) is 26.0 Å². The number of aliphatic hydroxyl groups is 1. The zero-order valence-corrected chi connectivity index (χ0v) is 11.1. The first-order valence-electron chi connectivity index (χ1n) is 6.18. The first-order valence-corrected chi connectivity index (χ1v) is 6.18. The summed E-state index contributed by atoms with van der Waals surface area (Å²) in [5.74, 6) is 0.197. The molecule has 0 aromatic heterocycles. The lowest BCUT2D eigenvalue weighted by Gasteiger charge is -2.28. The minimum absolute atomic E-state index is 0.258. The Hall–Kier alpha value is -1.09. The molecule has 1 atom stereocenters. The van der Waals surface area contributed by atoms with Gasteiger partial charge in [0.15, 0.2) is 0 Å². The largest absolute Gasteiger partial charge is 0.389 e. The maximum Gasteiger partial charge on any atom is 0.146 e. The Morgan fingerprint density at radius 3 is 2.41 bits per heavy atom. The van der Waals surface area contributed by atoms with Gasteiger partial charge in [0.25, 0.3) is 0 Å². The number of nitrogens with zero attached hydrogens (tertiary/aromatic N) is 1. The molecule has 1 rings (SSSR count). The van der Waals surface area contributed by atoms with E-state index in [1.165, 1.54) is 6.07 Å². The fourth-order valence-corrected chi connectivity index (χ4v) is 2.02. The van der Waals surface area contributed by atoms with Crippen LogP contribution >= 0.6 is 0 Å². The highest BCUT2D eigenvalue weighted by atomic mass is 19.1. The second kappa shape index (κ2) is 6.01. The molecule has 0 aliphatic rings. The smallest absolute Gasteiger partial charge is 0.146 e. The molecule has 1 N–H and O–H groups in total. The zero-order chi connectivity index (χ0) is 13.0. The Bertz CT molecular complexity index is 363. The molecule has 0 saturated heterocycles. The van der Waals surface area contributed by atoms with Gasteiger partial charge >= 0.3 is 0 Å². The van der Waals surface area contributed by atoms with Crippen LogP contribution in [0, 0.1) is 11.7 Å². The molecule has 0 fully saturated rings. The van der Waals surface area contributed by atoms with Crippen LogP contribution in [0.15, 0.2) is 18.2 Å². The van der Waals surface area contributed by atoms with Crippen LogP contribution in [0.3, 0.4) is 0 Å². The molecule has 0 unspecified atom stereocenters. The Kier molecular flexibility index (Phi) is 4.94. The van der Waals surface area contributed by atoms with E-state index in [9.17, 15) is 9.50 Å². The van der Waals surface area contributed by atoms with Crippen molar-refractivity contribution in [1.29, 1.82) is 0 Å². The summed E-state index contributed by atoms with van der Waals surface area (Å²) in [6, 6.07) is 4.88. The minimum atomic E-state index is -0.651. The van der Waals surface area contributed by atoms with Crippen LogP contribution in [0.1, 0.15) is 39.4 Å². The Labute approximate surface area is 103 Å². The van der Waals surface area contributed by atoms with Crippen molar-refractivity contribution in [2.75, 3.05) is 18.0 Å². The summed E-state index contributed by atoms with van der Waals surface area (Å²) in [5, 5.41) is 9.71. The lowest BCUT2D eigenvalue weighted by atomic mass is 10.1. The lowest BCUT2D eigenvalue weighted by Crippen LogP contribution is -2.29. The van der Waals surface area contributed by atoms with Crippen LogP contribution in [-0.4, -0.2) is 18.2 Å². The molecule has 0 spiro atoms. The molecular weight excluding hydrogens is 217 g/mol. The molecule has 1 aromatic rings. The molecule has 0 aliphatic heterocycles. The molecule has 0 radical (unpaired) electrons. The molecule has 0 saturated carbocycles. The lowest BCUT2D eigenvalue weighted by molar-refractivity contribution is 0.199. The minimum Gasteiger partial charge on any atom is -0.389 e. The molecule has 0 heterocycles. The molecule has 0 amide bonds. The Morgan fingerprint density at radius 1 is 1.29 bits per heavy atom. The van der Waals surface area contributed by atoms with Gasteiger partial charge in [-0.15, -0.1) is 0 Å². The number of anilines is 1. The highest BCUT2D eigenvalue weighted by molar-refractivity contribution is 5.55. The number of benzene rings is 1. The average Bonchev–Trinajstić information content (AvgIpc) is 2.25. The third-order valence-electron chi connectivity index (χ3n) is 2.75. The SMILES string of the molecule is CCN(CC(C)C)c1c(F)cccc1[C@@H](C)O. The maximum absolute atomic E-state index is 13.9. The van der Waals surface area contributed by atoms with E-state index in [0.717, 1.165) is 13.1 Å². The van der Waals surface area contributed by atoms with E-state index >= 15 is 0 Å². The third-order valence-corrected chi connectivity index (χ3v) is 2.75. The third kappa shape index (κ3) is 3.43. The van der Waals surface area contributed by atoms with Gasteiger partial charge in [-0.2, -0.15) is 0 Å². The second-order valence-electron chi connectivity index (χ2n) is 4.79. The van der Waals surface area contributed by atoms with E-state index in [1.54, 1.807) is 19.1 Å². The van der Waals surface area contributed by atoms with Gasteiger partial charge in [0, 0.05) is 18.7 Å². The molecule has 1 aromatic carbocycles. The van der Waals surface area contributed by atoms with Crippen LogP contribution in [0.25, 0.3) is 0 Å². The summed E-state index contributed by atoms with van der Waals surface area (Å²) < 4.78 is 13.9. The van der Waals surface area contributed by atoms with Crippen molar-refractivity contribution in [1.82, 2.24) is 0 Å². The predicted octanol–water partition coefficient (Wildman–Crippen LogP) is 3.36. The summed E-state index contributed by atoms with van der Waals surface area (Å²) in [6.07, 6.45) is -0.651. The number of hydrogen-bond donors (Lipinski definition) is 1. The predicted molar refractivity (Wildman–Crippen MR) is 69.8 cm³/mol. The fourth-order valence-electron chi connectivity index (χ4n) is 2.02. The molecule has 17 heavy (non-hydrogen) atoms. The van der Waals surface area contributed by atoms with Gasteiger partial charge < -0.3 is 10.0 Å². The van der Waals surface area contributed by atoms with E-state index in [0.29, 0.717) is 17.2 Å². The molecule has 96 valence electrons. The maximum atomic E-state index is 13.9. The fraction of sp³-hybridized carbons (Fsp3) is 0.571. The zero-order valence-electron chi connectivity index (χ0n) is 11.1. The van der Waals surface area contributed by atoms with Crippen molar-refractivity contribution in [2.45, 2.75) is 33.8 Å². The van der Waals surface area contributed by atoms with Gasteiger partial charge in [-0.25, -0.2) is 4.39 Å². The summed E-state index contributed by atoms with van der Waals surface area (Å²) in [7, 11) is 0. The van der Waals surface area contributed by atoms with E-state index in [2.05, 4.69) is 13.8 Å². The van der Waals surface area contributed by atoms with Crippen molar-refractivity contribution in [3.63, 3.8) is 0 Å². The number of hydrogen-bond acceptors (Lipinski definition) is 2. The number of aliphatic hydroxyl groups excluding tert-OH is 1.